The summed E-state index contributed by atoms with van der Waals surface area (Å²) in [6, 6.07) is 13.4. The number of nitrogens with zero attached hydrogens (tertiary/aromatic N) is 1. The summed E-state index contributed by atoms with van der Waals surface area (Å²) >= 11 is 0. The standard InChI is InChI=1S/C33H39F3N4O5/c34-33(35,36)32(16-17-32)39-30(43)25-12-4-5-19-45-24-11-6-10-23(20-24)21-27(40-18-7-13-28(40)41)31(44)38-26(29(42)37-25)15-14-22-8-2-1-3-9-22/h1-3,6,8-11,20,25-27H,4-5,7,12-19,21H2,(H,37,42)(H,38,44)(H,39,43)/t25-,26-,27-/m0/s1. The monoisotopic (exact) mass is 628 g/mol. The zero-order valence-electron chi connectivity index (χ0n) is 25.0. The van der Waals surface area contributed by atoms with E-state index in [2.05, 4.69) is 16.0 Å². The lowest BCUT2D eigenvalue weighted by atomic mass is 10.0. The van der Waals surface area contributed by atoms with Crippen molar-refractivity contribution in [2.75, 3.05) is 13.2 Å². The van der Waals surface area contributed by atoms with Gasteiger partial charge in [0.15, 0.2) is 0 Å². The van der Waals surface area contributed by atoms with Crippen LogP contribution in [0, 0.1) is 0 Å². The average molecular weight is 629 g/mol. The number of fused-ring (bicyclic) bond motifs is 2. The Morgan fingerprint density at radius 2 is 1.76 bits per heavy atom. The summed E-state index contributed by atoms with van der Waals surface area (Å²) in [4.78, 5) is 55.2. The van der Waals surface area contributed by atoms with E-state index in [1.807, 2.05) is 42.5 Å². The highest BCUT2D eigenvalue weighted by molar-refractivity contribution is 5.94. The molecule has 2 fully saturated rings. The maximum absolute atomic E-state index is 13.9. The number of likely N-dealkylation sites (tertiary alicyclic amines) is 1. The number of carbonyl (C=O) groups is 4. The van der Waals surface area contributed by atoms with Gasteiger partial charge in [-0.3, -0.25) is 19.2 Å². The SMILES string of the molecule is O=C(NC1(C(F)(F)F)CC1)[C@@H]1CCCCOc2cccc(c2)C[C@H](N2CCCC2=O)C(=O)N[C@@H](CCc2ccccc2)C(=O)N1. The average Bonchev–Trinajstić information content (AvgIpc) is 3.69. The molecule has 5 rings (SSSR count). The molecule has 1 aliphatic carbocycles. The second-order valence-electron chi connectivity index (χ2n) is 12.1. The van der Waals surface area contributed by atoms with Gasteiger partial charge in [0.2, 0.25) is 23.6 Å². The third kappa shape index (κ3) is 8.15. The van der Waals surface area contributed by atoms with Crippen LogP contribution in [0.5, 0.6) is 5.75 Å². The molecule has 2 heterocycles. The van der Waals surface area contributed by atoms with Crippen LogP contribution in [0.15, 0.2) is 54.6 Å². The van der Waals surface area contributed by atoms with E-state index >= 15 is 0 Å². The topological polar surface area (TPSA) is 117 Å². The second-order valence-corrected chi connectivity index (χ2v) is 12.1. The largest absolute Gasteiger partial charge is 0.494 e. The molecule has 1 saturated heterocycles. The number of nitrogens with one attached hydrogen (secondary N) is 3. The highest BCUT2D eigenvalue weighted by Gasteiger charge is 2.64. The Balaban J connectivity index is 1.42. The molecule has 0 unspecified atom stereocenters. The smallest absolute Gasteiger partial charge is 0.411 e. The summed E-state index contributed by atoms with van der Waals surface area (Å²) in [5.41, 5.74) is -0.570. The van der Waals surface area contributed by atoms with E-state index in [9.17, 15) is 32.3 Å². The first-order valence-corrected chi connectivity index (χ1v) is 15.6. The van der Waals surface area contributed by atoms with Crippen molar-refractivity contribution in [3.63, 3.8) is 0 Å². The number of aryl methyl sites for hydroxylation is 1. The van der Waals surface area contributed by atoms with Gasteiger partial charge in [-0.1, -0.05) is 42.5 Å². The van der Waals surface area contributed by atoms with E-state index in [-0.39, 0.29) is 44.6 Å². The van der Waals surface area contributed by atoms with Gasteiger partial charge in [0, 0.05) is 19.4 Å². The minimum Gasteiger partial charge on any atom is -0.494 e. The van der Waals surface area contributed by atoms with Gasteiger partial charge in [0.1, 0.15) is 29.4 Å². The molecule has 3 atom stereocenters. The summed E-state index contributed by atoms with van der Waals surface area (Å²) in [7, 11) is 0. The number of halogens is 3. The fourth-order valence-corrected chi connectivity index (χ4v) is 5.93. The van der Waals surface area contributed by atoms with Gasteiger partial charge >= 0.3 is 6.18 Å². The van der Waals surface area contributed by atoms with Gasteiger partial charge in [-0.25, -0.2) is 0 Å². The molecule has 0 radical (unpaired) electrons. The maximum Gasteiger partial charge on any atom is 0.411 e. The van der Waals surface area contributed by atoms with Gasteiger partial charge in [-0.2, -0.15) is 13.2 Å². The molecule has 2 aromatic carbocycles. The minimum atomic E-state index is -4.61. The predicted octanol–water partition coefficient (Wildman–Crippen LogP) is 3.60. The van der Waals surface area contributed by atoms with E-state index in [4.69, 9.17) is 4.74 Å². The Bertz CT molecular complexity index is 1380. The van der Waals surface area contributed by atoms with Crippen molar-refractivity contribution in [3.8, 4) is 5.75 Å². The first kappa shape index (κ1) is 32.3. The normalized spacial score (nSPS) is 24.3. The van der Waals surface area contributed by atoms with Gasteiger partial charge in [0.25, 0.3) is 0 Å². The molecular formula is C33H39F3N4O5. The summed E-state index contributed by atoms with van der Waals surface area (Å²) in [5.74, 6) is -1.69. The molecule has 45 heavy (non-hydrogen) atoms. The van der Waals surface area contributed by atoms with Crippen LogP contribution < -0.4 is 20.7 Å². The Kier molecular flexibility index (Phi) is 9.99. The molecule has 3 aliphatic rings. The summed E-state index contributed by atoms with van der Waals surface area (Å²) in [6.45, 7) is 0.684. The molecule has 9 nitrogen and oxygen atoms in total. The van der Waals surface area contributed by atoms with Crippen molar-refractivity contribution < 1.29 is 37.1 Å². The van der Waals surface area contributed by atoms with Crippen molar-refractivity contribution in [3.05, 3.63) is 65.7 Å². The molecule has 12 heteroatoms. The van der Waals surface area contributed by atoms with Crippen LogP contribution in [0.4, 0.5) is 13.2 Å². The molecule has 2 aliphatic heterocycles. The maximum atomic E-state index is 13.9. The van der Waals surface area contributed by atoms with Gasteiger partial charge < -0.3 is 25.6 Å². The molecule has 0 spiro atoms. The number of hydrogen-bond donors (Lipinski definition) is 3. The Labute approximate surface area is 260 Å². The van der Waals surface area contributed by atoms with Crippen LogP contribution in [0.2, 0.25) is 0 Å². The number of benzene rings is 2. The lowest BCUT2D eigenvalue weighted by Gasteiger charge is -2.30. The van der Waals surface area contributed by atoms with Crippen LogP contribution in [-0.2, 0) is 32.0 Å². The molecule has 242 valence electrons. The van der Waals surface area contributed by atoms with Crippen molar-refractivity contribution >= 4 is 23.6 Å². The van der Waals surface area contributed by atoms with Crippen molar-refractivity contribution in [2.45, 2.75) is 94.0 Å². The van der Waals surface area contributed by atoms with Gasteiger partial charge in [-0.15, -0.1) is 0 Å². The molecule has 4 amide bonds. The van der Waals surface area contributed by atoms with Gasteiger partial charge in [0.05, 0.1) is 6.61 Å². The Morgan fingerprint density at radius 1 is 0.978 bits per heavy atom. The lowest BCUT2D eigenvalue weighted by Crippen LogP contribution is -2.59. The Hall–Kier alpha value is -4.09. The first-order valence-electron chi connectivity index (χ1n) is 15.6. The number of carbonyl (C=O) groups excluding carboxylic acids is 4. The predicted molar refractivity (Wildman–Crippen MR) is 159 cm³/mol. The fourth-order valence-electron chi connectivity index (χ4n) is 5.93. The zero-order chi connectivity index (χ0) is 32.0. The number of amides is 4. The summed E-state index contributed by atoms with van der Waals surface area (Å²) in [6.07, 6.45) is -2.35. The highest BCUT2D eigenvalue weighted by atomic mass is 19.4. The Morgan fingerprint density at radius 3 is 2.44 bits per heavy atom. The van der Waals surface area contributed by atoms with Gasteiger partial charge in [-0.05, 0) is 74.6 Å². The molecule has 2 aromatic rings. The number of alkyl halides is 3. The van der Waals surface area contributed by atoms with Crippen molar-refractivity contribution in [2.24, 2.45) is 0 Å². The molecule has 2 bridgehead atoms. The van der Waals surface area contributed by atoms with Crippen LogP contribution >= 0.6 is 0 Å². The third-order valence-corrected chi connectivity index (χ3v) is 8.76. The molecule has 1 saturated carbocycles. The fraction of sp³-hybridized carbons (Fsp3) is 0.515. The summed E-state index contributed by atoms with van der Waals surface area (Å²) in [5, 5.41) is 7.63. The molecular weight excluding hydrogens is 589 g/mol. The van der Waals surface area contributed by atoms with Crippen LogP contribution in [0.1, 0.15) is 62.5 Å². The van der Waals surface area contributed by atoms with Crippen LogP contribution in [-0.4, -0.2) is 71.5 Å². The highest BCUT2D eigenvalue weighted by Crippen LogP contribution is 2.49. The third-order valence-electron chi connectivity index (χ3n) is 8.76. The van der Waals surface area contributed by atoms with E-state index in [0.29, 0.717) is 44.4 Å². The van der Waals surface area contributed by atoms with Crippen molar-refractivity contribution in [1.82, 2.24) is 20.9 Å². The van der Waals surface area contributed by atoms with E-state index < -0.39 is 47.6 Å². The van der Waals surface area contributed by atoms with Crippen molar-refractivity contribution in [1.29, 1.82) is 0 Å². The quantitative estimate of drug-likeness (QED) is 0.452. The number of ether oxygens (including phenoxy) is 1. The lowest BCUT2D eigenvalue weighted by molar-refractivity contribution is -0.171. The molecule has 3 N–H and O–H groups in total. The zero-order valence-corrected chi connectivity index (χ0v) is 25.0. The summed E-state index contributed by atoms with van der Waals surface area (Å²) < 4.78 is 46.9. The first-order chi connectivity index (χ1) is 21.5. The van der Waals surface area contributed by atoms with Crippen LogP contribution in [0.25, 0.3) is 0 Å². The van der Waals surface area contributed by atoms with E-state index in [0.717, 1.165) is 11.1 Å². The second kappa shape index (κ2) is 13.9. The number of hydrogen-bond acceptors (Lipinski definition) is 5. The molecule has 0 aromatic heterocycles. The minimum absolute atomic E-state index is 0.0825. The van der Waals surface area contributed by atoms with E-state index in [1.54, 1.807) is 12.1 Å². The number of rotatable bonds is 6. The van der Waals surface area contributed by atoms with Crippen LogP contribution in [0.3, 0.4) is 0 Å². The van der Waals surface area contributed by atoms with E-state index in [1.165, 1.54) is 4.90 Å².